The summed E-state index contributed by atoms with van der Waals surface area (Å²) in [7, 11) is 1.52. The summed E-state index contributed by atoms with van der Waals surface area (Å²) < 4.78 is 30.7. The fourth-order valence-corrected chi connectivity index (χ4v) is 3.48. The maximum absolute atomic E-state index is 14.7. The molecule has 1 unspecified atom stereocenters. The van der Waals surface area contributed by atoms with E-state index in [0.29, 0.717) is 22.7 Å². The van der Waals surface area contributed by atoms with Crippen molar-refractivity contribution in [3.8, 4) is 22.8 Å². The minimum Gasteiger partial charge on any atom is -0.486 e. The summed E-state index contributed by atoms with van der Waals surface area (Å²) in [4.78, 5) is 4.60. The Labute approximate surface area is 185 Å². The molecule has 1 aromatic heterocycles. The van der Waals surface area contributed by atoms with E-state index >= 15 is 0 Å². The van der Waals surface area contributed by atoms with Crippen molar-refractivity contribution in [1.29, 1.82) is 0 Å². The van der Waals surface area contributed by atoms with Gasteiger partial charge >= 0.3 is 0 Å². The molecule has 0 aliphatic heterocycles. The number of aliphatic hydroxyl groups is 1. The van der Waals surface area contributed by atoms with Crippen molar-refractivity contribution in [2.45, 2.75) is 13.0 Å². The van der Waals surface area contributed by atoms with Crippen molar-refractivity contribution in [3.05, 3.63) is 88.8 Å². The third kappa shape index (κ3) is 5.05. The Morgan fingerprint density at radius 1 is 1.16 bits per heavy atom. The number of hydrogen-bond acceptors (Lipinski definition) is 5. The van der Waals surface area contributed by atoms with Gasteiger partial charge in [0.2, 0.25) is 0 Å². The summed E-state index contributed by atoms with van der Waals surface area (Å²) in [6.07, 6.45) is 0.252. The number of pyridine rings is 1. The smallest absolute Gasteiger partial charge is 0.188 e. The first kappa shape index (κ1) is 22.7. The van der Waals surface area contributed by atoms with Gasteiger partial charge in [-0.2, -0.15) is 0 Å². The molecule has 0 bridgehead atoms. The molecule has 0 saturated carbocycles. The molecule has 0 radical (unpaired) electrons. The lowest BCUT2D eigenvalue weighted by molar-refractivity contribution is 0.0512. The number of benzene rings is 2. The first-order chi connectivity index (χ1) is 15.0. The summed E-state index contributed by atoms with van der Waals surface area (Å²) >= 11 is 6.27. The zero-order valence-electron chi connectivity index (χ0n) is 17.3. The Morgan fingerprint density at radius 3 is 2.58 bits per heavy atom. The van der Waals surface area contributed by atoms with Gasteiger partial charge < -0.3 is 19.3 Å². The van der Waals surface area contributed by atoms with Crippen LogP contribution in [-0.4, -0.2) is 30.6 Å². The predicted octanol–water partition coefficient (Wildman–Crippen LogP) is 5.48. The second-order valence-electron chi connectivity index (χ2n) is 6.74. The lowest BCUT2D eigenvalue weighted by Crippen LogP contribution is -2.09. The largest absolute Gasteiger partial charge is 0.486 e. The molecule has 2 aromatic carbocycles. The SMILES string of the molecule is C=CCOc1cc(C)c(C(O)c2ccc(OCOC)c(-c3ccccc3)n2)c(Cl)c1F. The fourth-order valence-electron chi connectivity index (χ4n) is 3.13. The van der Waals surface area contributed by atoms with Gasteiger partial charge in [0.25, 0.3) is 0 Å². The molecule has 162 valence electrons. The highest BCUT2D eigenvalue weighted by molar-refractivity contribution is 6.31. The van der Waals surface area contributed by atoms with Gasteiger partial charge in [0, 0.05) is 18.2 Å². The topological polar surface area (TPSA) is 60.8 Å². The van der Waals surface area contributed by atoms with Gasteiger partial charge in [0.1, 0.15) is 24.2 Å². The Kier molecular flexibility index (Phi) is 7.63. The van der Waals surface area contributed by atoms with Gasteiger partial charge in [-0.25, -0.2) is 9.37 Å². The summed E-state index contributed by atoms with van der Waals surface area (Å²) in [5.41, 5.74) is 2.41. The van der Waals surface area contributed by atoms with Gasteiger partial charge in [0.05, 0.1) is 10.7 Å². The minimum atomic E-state index is -1.26. The van der Waals surface area contributed by atoms with E-state index in [1.165, 1.54) is 19.3 Å². The third-order valence-corrected chi connectivity index (χ3v) is 4.96. The maximum atomic E-state index is 14.7. The fraction of sp³-hybridized carbons (Fsp3) is 0.208. The van der Waals surface area contributed by atoms with E-state index in [4.69, 9.17) is 25.8 Å². The number of hydrogen-bond donors (Lipinski definition) is 1. The summed E-state index contributed by atoms with van der Waals surface area (Å²) in [6.45, 7) is 5.45. The van der Waals surface area contributed by atoms with Crippen LogP contribution in [0.5, 0.6) is 11.5 Å². The molecule has 5 nitrogen and oxygen atoms in total. The van der Waals surface area contributed by atoms with Crippen LogP contribution in [0.3, 0.4) is 0 Å². The van der Waals surface area contributed by atoms with E-state index in [1.54, 1.807) is 19.1 Å². The maximum Gasteiger partial charge on any atom is 0.188 e. The van der Waals surface area contributed by atoms with Crippen LogP contribution in [0.25, 0.3) is 11.3 Å². The summed E-state index contributed by atoms with van der Waals surface area (Å²) in [5, 5.41) is 10.8. The van der Waals surface area contributed by atoms with Crippen molar-refractivity contribution in [1.82, 2.24) is 4.98 Å². The van der Waals surface area contributed by atoms with Gasteiger partial charge in [-0.1, -0.05) is 54.6 Å². The van der Waals surface area contributed by atoms with Gasteiger partial charge in [-0.05, 0) is 30.7 Å². The predicted molar refractivity (Wildman–Crippen MR) is 118 cm³/mol. The van der Waals surface area contributed by atoms with Gasteiger partial charge in [-0.15, -0.1) is 0 Å². The second-order valence-corrected chi connectivity index (χ2v) is 7.11. The molecule has 1 heterocycles. The number of aromatic nitrogens is 1. The lowest BCUT2D eigenvalue weighted by atomic mass is 9.99. The van der Waals surface area contributed by atoms with Gasteiger partial charge in [-0.3, -0.25) is 0 Å². The van der Waals surface area contributed by atoms with Crippen molar-refractivity contribution in [2.24, 2.45) is 0 Å². The van der Waals surface area contributed by atoms with E-state index in [9.17, 15) is 9.50 Å². The van der Waals surface area contributed by atoms with Crippen LogP contribution in [-0.2, 0) is 4.74 Å². The van der Waals surface area contributed by atoms with Crippen LogP contribution < -0.4 is 9.47 Å². The van der Waals surface area contributed by atoms with Crippen molar-refractivity contribution >= 4 is 11.6 Å². The Morgan fingerprint density at radius 2 is 1.90 bits per heavy atom. The zero-order valence-corrected chi connectivity index (χ0v) is 18.0. The van der Waals surface area contributed by atoms with Crippen LogP contribution >= 0.6 is 11.6 Å². The average Bonchev–Trinajstić information content (AvgIpc) is 2.79. The van der Waals surface area contributed by atoms with Crippen LogP contribution in [0.15, 0.2) is 61.2 Å². The monoisotopic (exact) mass is 443 g/mol. The molecular weight excluding hydrogens is 421 g/mol. The molecule has 0 aliphatic carbocycles. The van der Waals surface area contributed by atoms with Crippen molar-refractivity contribution in [2.75, 3.05) is 20.5 Å². The number of nitrogens with zero attached hydrogens (tertiary/aromatic N) is 1. The van der Waals surface area contributed by atoms with E-state index < -0.39 is 11.9 Å². The molecule has 0 amide bonds. The first-order valence-electron chi connectivity index (χ1n) is 9.56. The van der Waals surface area contributed by atoms with E-state index in [2.05, 4.69) is 11.6 Å². The van der Waals surface area contributed by atoms with E-state index in [-0.39, 0.29) is 29.7 Å². The molecule has 1 atom stereocenters. The van der Waals surface area contributed by atoms with Gasteiger partial charge in [0.15, 0.2) is 18.4 Å². The molecule has 0 saturated heterocycles. The Balaban J connectivity index is 2.05. The second kappa shape index (κ2) is 10.4. The van der Waals surface area contributed by atoms with Crippen molar-refractivity contribution in [3.63, 3.8) is 0 Å². The Bertz CT molecular complexity index is 1060. The molecule has 31 heavy (non-hydrogen) atoms. The van der Waals surface area contributed by atoms with Crippen molar-refractivity contribution < 1.29 is 23.7 Å². The standard InChI is InChI=1S/C24H23ClFNO4/c1-4-12-30-19-13-15(2)20(21(25)22(19)26)24(28)17-10-11-18(31-14-29-3)23(27-17)16-8-6-5-7-9-16/h4-11,13,24,28H,1,12,14H2,2-3H3. The van der Waals surface area contributed by atoms with E-state index in [1.807, 2.05) is 30.3 Å². The zero-order chi connectivity index (χ0) is 22.4. The number of ether oxygens (including phenoxy) is 3. The molecule has 3 rings (SSSR count). The number of methoxy groups -OCH3 is 1. The highest BCUT2D eigenvalue weighted by Crippen LogP contribution is 2.38. The average molecular weight is 444 g/mol. The molecule has 3 aromatic rings. The molecule has 0 spiro atoms. The number of aliphatic hydroxyl groups excluding tert-OH is 1. The van der Waals surface area contributed by atoms with Crippen LogP contribution in [0, 0.1) is 12.7 Å². The normalized spacial score (nSPS) is 11.8. The number of aryl methyl sites for hydroxylation is 1. The molecular formula is C24H23ClFNO4. The third-order valence-electron chi connectivity index (χ3n) is 4.59. The molecule has 7 heteroatoms. The van der Waals surface area contributed by atoms with Crippen LogP contribution in [0.1, 0.15) is 22.9 Å². The quantitative estimate of drug-likeness (QED) is 0.350. The summed E-state index contributed by atoms with van der Waals surface area (Å²) in [5.74, 6) is -0.253. The number of rotatable bonds is 9. The van der Waals surface area contributed by atoms with E-state index in [0.717, 1.165) is 5.56 Å². The lowest BCUT2D eigenvalue weighted by Gasteiger charge is -2.19. The molecule has 0 fully saturated rings. The van der Waals surface area contributed by atoms with Crippen LogP contribution in [0.4, 0.5) is 4.39 Å². The molecule has 0 aliphatic rings. The first-order valence-corrected chi connectivity index (χ1v) is 9.94. The summed E-state index contributed by atoms with van der Waals surface area (Å²) in [6, 6.07) is 14.2. The highest BCUT2D eigenvalue weighted by Gasteiger charge is 2.24. The molecule has 1 N–H and O–H groups in total. The highest BCUT2D eigenvalue weighted by atomic mass is 35.5. The van der Waals surface area contributed by atoms with Crippen LogP contribution in [0.2, 0.25) is 5.02 Å². The minimum absolute atomic E-state index is 0.000373. The Hall–Kier alpha value is -2.93. The number of halogens is 2.